The highest BCUT2D eigenvalue weighted by molar-refractivity contribution is 7.86. The van der Waals surface area contributed by atoms with Crippen LogP contribution in [-0.4, -0.2) is 49.1 Å². The number of halogens is 3. The fraction of sp³-hybridized carbons (Fsp3) is 0.0526. The molecule has 0 aliphatic rings. The van der Waals surface area contributed by atoms with Crippen LogP contribution in [-0.2, 0) is 10.1 Å². The highest BCUT2D eigenvalue weighted by Gasteiger charge is 2.38. The molecule has 178 valence electrons. The van der Waals surface area contributed by atoms with Gasteiger partial charge < -0.3 is 35.2 Å². The van der Waals surface area contributed by atoms with Crippen LogP contribution in [0.1, 0.15) is 0 Å². The van der Waals surface area contributed by atoms with E-state index in [0.29, 0.717) is 5.30 Å². The Balaban J connectivity index is 0.000000414. The smallest absolute Gasteiger partial charge is 0.485 e. The molecule has 3 rings (SSSR count). The number of phenols is 6. The van der Waals surface area contributed by atoms with Gasteiger partial charge in [0.15, 0.2) is 43.7 Å². The molecule has 0 atom stereocenters. The predicted molar refractivity (Wildman–Crippen MR) is 112 cm³/mol. The maximum absolute atomic E-state index is 10.7. The van der Waals surface area contributed by atoms with Crippen molar-refractivity contribution < 1.29 is 56.8 Å². The van der Waals surface area contributed by atoms with Gasteiger partial charge in [-0.05, 0) is 12.1 Å². The predicted octanol–water partition coefficient (Wildman–Crippen LogP) is 1.46. The number of hydrogen-bond donors (Lipinski definition) is 6. The lowest BCUT2D eigenvalue weighted by molar-refractivity contribution is -0.0517. The minimum absolute atomic E-state index is 0.102. The summed E-state index contributed by atoms with van der Waals surface area (Å²) in [6.45, 7) is 0. The van der Waals surface area contributed by atoms with E-state index in [1.165, 1.54) is 0 Å². The van der Waals surface area contributed by atoms with Gasteiger partial charge in [0.1, 0.15) is 24.7 Å². The number of rotatable bonds is 3. The molecule has 0 amide bonds. The summed E-state index contributed by atoms with van der Waals surface area (Å²) >= 11 is 0. The fourth-order valence-corrected chi connectivity index (χ4v) is 5.39. The fourth-order valence-electron chi connectivity index (χ4n) is 2.73. The van der Waals surface area contributed by atoms with Crippen LogP contribution in [0.3, 0.4) is 0 Å². The number of hydrogen-bond acceptors (Lipinski definition) is 9. The van der Waals surface area contributed by atoms with E-state index in [0.717, 1.165) is 24.3 Å². The maximum atomic E-state index is 10.7. The van der Waals surface area contributed by atoms with Crippen molar-refractivity contribution >= 4 is 34.0 Å². The maximum Gasteiger partial charge on any atom is 0.485 e. The molecule has 0 fully saturated rings. The van der Waals surface area contributed by atoms with Crippen molar-refractivity contribution in [1.29, 1.82) is 0 Å². The van der Waals surface area contributed by atoms with Crippen molar-refractivity contribution in [2.45, 2.75) is 5.51 Å². The zero-order valence-corrected chi connectivity index (χ0v) is 18.0. The molecule has 0 saturated carbocycles. The second-order valence-corrected chi connectivity index (χ2v) is 10.1. The minimum Gasteiger partial charge on any atom is -0.741 e. The first-order valence-electron chi connectivity index (χ1n) is 8.58. The van der Waals surface area contributed by atoms with E-state index in [2.05, 4.69) is 0 Å². The van der Waals surface area contributed by atoms with Gasteiger partial charge in [0.25, 0.3) is 0 Å². The molecule has 0 aliphatic carbocycles. The van der Waals surface area contributed by atoms with E-state index in [4.69, 9.17) is 13.0 Å². The topological polar surface area (TPSA) is 179 Å². The van der Waals surface area contributed by atoms with Crippen LogP contribution in [0.2, 0.25) is 0 Å². The van der Waals surface area contributed by atoms with E-state index in [1.807, 2.05) is 0 Å². The van der Waals surface area contributed by atoms with Crippen molar-refractivity contribution in [1.82, 2.24) is 0 Å². The molecule has 0 saturated heterocycles. The Kier molecular flexibility index (Phi) is 7.53. The van der Waals surface area contributed by atoms with Crippen molar-refractivity contribution in [3.8, 4) is 34.5 Å². The summed E-state index contributed by atoms with van der Waals surface area (Å²) in [4.78, 5) is 0. The Hall–Kier alpha value is -3.41. The molecule has 9 nitrogen and oxygen atoms in total. The second-order valence-electron chi connectivity index (χ2n) is 6.36. The van der Waals surface area contributed by atoms with Gasteiger partial charge in [0.05, 0.1) is 0 Å². The van der Waals surface area contributed by atoms with Crippen LogP contribution in [0.15, 0.2) is 54.6 Å². The van der Waals surface area contributed by atoms with E-state index >= 15 is 0 Å². The lowest BCUT2D eigenvalue weighted by Gasteiger charge is -2.15. The Morgan fingerprint density at radius 3 is 1.27 bits per heavy atom. The Morgan fingerprint density at radius 1 is 0.697 bits per heavy atom. The molecule has 3 aromatic carbocycles. The lowest BCUT2D eigenvalue weighted by Crippen LogP contribution is -2.22. The van der Waals surface area contributed by atoms with E-state index in [-0.39, 0.29) is 45.1 Å². The molecular formula is C19H16F3O9PS. The van der Waals surface area contributed by atoms with E-state index < -0.39 is 23.5 Å². The van der Waals surface area contributed by atoms with Crippen molar-refractivity contribution in [3.63, 3.8) is 0 Å². The van der Waals surface area contributed by atoms with Crippen LogP contribution >= 0.6 is 7.92 Å². The third-order valence-corrected chi connectivity index (χ3v) is 7.51. The van der Waals surface area contributed by atoms with Gasteiger partial charge >= 0.3 is 5.51 Å². The number of alkyl halides is 3. The first-order chi connectivity index (χ1) is 15.1. The van der Waals surface area contributed by atoms with Gasteiger partial charge in [-0.15, -0.1) is 0 Å². The molecule has 0 bridgehead atoms. The third-order valence-electron chi connectivity index (χ3n) is 4.01. The van der Waals surface area contributed by atoms with Crippen LogP contribution < -0.4 is 15.9 Å². The lowest BCUT2D eigenvalue weighted by atomic mass is 10.3. The Labute approximate surface area is 185 Å². The Morgan fingerprint density at radius 2 is 1.00 bits per heavy atom. The zero-order valence-electron chi connectivity index (χ0n) is 16.1. The number of aromatic hydroxyl groups is 6. The molecule has 3 aromatic rings. The van der Waals surface area contributed by atoms with Gasteiger partial charge in [-0.2, -0.15) is 13.2 Å². The van der Waals surface area contributed by atoms with E-state index in [1.54, 1.807) is 30.3 Å². The van der Waals surface area contributed by atoms with Gasteiger partial charge in [-0.3, -0.25) is 0 Å². The molecule has 33 heavy (non-hydrogen) atoms. The largest absolute Gasteiger partial charge is 0.741 e. The molecule has 0 spiro atoms. The van der Waals surface area contributed by atoms with Crippen molar-refractivity contribution in [3.05, 3.63) is 54.6 Å². The first kappa shape index (κ1) is 25.8. The SMILES string of the molecule is O=S(=O)([O-])C(F)(F)F.Oc1cc(O)c([PH+](c2ccccc2)c2c(O)cc(O)cc2O)c(O)c1. The average molecular weight is 508 g/mol. The van der Waals surface area contributed by atoms with Gasteiger partial charge in [0, 0.05) is 24.3 Å². The monoisotopic (exact) mass is 508 g/mol. The first-order valence-corrected chi connectivity index (χ1v) is 11.5. The molecule has 0 heterocycles. The molecule has 0 radical (unpaired) electrons. The van der Waals surface area contributed by atoms with Gasteiger partial charge in [-0.25, -0.2) is 8.42 Å². The summed E-state index contributed by atoms with van der Waals surface area (Å²) in [5.41, 5.74) is -5.65. The van der Waals surface area contributed by atoms with Gasteiger partial charge in [0.2, 0.25) is 0 Å². The third kappa shape index (κ3) is 6.09. The molecule has 14 heteroatoms. The summed E-state index contributed by atoms with van der Waals surface area (Å²) in [6, 6.07) is 13.1. The van der Waals surface area contributed by atoms with Crippen molar-refractivity contribution in [2.24, 2.45) is 0 Å². The normalized spacial score (nSPS) is 11.7. The molecule has 0 unspecified atom stereocenters. The summed E-state index contributed by atoms with van der Waals surface area (Å²) < 4.78 is 58.9. The summed E-state index contributed by atoms with van der Waals surface area (Å²) in [7, 11) is -8.34. The highest BCUT2D eigenvalue weighted by Crippen LogP contribution is 2.46. The quantitative estimate of drug-likeness (QED) is 0.174. The average Bonchev–Trinajstić information content (AvgIpc) is 2.65. The standard InChI is InChI=1S/C18H15O6P.CHF3O3S/c19-10-6-13(21)17(14(22)7-10)25(12-4-2-1-3-5-12)18-15(23)8-11(20)9-16(18)24;2-1(3,4)8(5,6)7/h1-9,19-24H;(H,5,6,7). The molecule has 0 aliphatic heterocycles. The van der Waals surface area contributed by atoms with Crippen LogP contribution in [0.5, 0.6) is 34.5 Å². The van der Waals surface area contributed by atoms with E-state index in [9.17, 15) is 43.8 Å². The summed E-state index contributed by atoms with van der Waals surface area (Å²) in [6.07, 6.45) is 0. The second kappa shape index (κ2) is 9.61. The van der Waals surface area contributed by atoms with Crippen LogP contribution in [0.4, 0.5) is 13.2 Å². The van der Waals surface area contributed by atoms with Crippen LogP contribution in [0, 0.1) is 0 Å². The van der Waals surface area contributed by atoms with Gasteiger partial charge in [-0.1, -0.05) is 18.2 Å². The zero-order chi connectivity index (χ0) is 25.1. The minimum atomic E-state index is -6.09. The highest BCUT2D eigenvalue weighted by atomic mass is 32.2. The summed E-state index contributed by atoms with van der Waals surface area (Å²) in [5.74, 6) is -2.06. The number of benzene rings is 3. The molecule has 0 aromatic heterocycles. The summed E-state index contributed by atoms with van der Waals surface area (Å²) in [5, 5.41) is 61.1. The Bertz CT molecular complexity index is 1150. The molecular weight excluding hydrogens is 492 g/mol. The number of phenolic OH excluding ortho intramolecular Hbond substituents is 6. The molecule has 6 N–H and O–H groups in total. The van der Waals surface area contributed by atoms with Crippen molar-refractivity contribution in [2.75, 3.05) is 0 Å². The van der Waals surface area contributed by atoms with Crippen LogP contribution in [0.25, 0.3) is 0 Å².